The summed E-state index contributed by atoms with van der Waals surface area (Å²) in [4.78, 5) is 43.3. The molecule has 0 aromatic carbocycles. The van der Waals surface area contributed by atoms with Gasteiger partial charge in [0, 0.05) is 6.42 Å². The van der Waals surface area contributed by atoms with E-state index >= 15 is 0 Å². The molecule has 0 aliphatic carbocycles. The van der Waals surface area contributed by atoms with Crippen LogP contribution in [-0.4, -0.2) is 52.6 Å². The third-order valence-electron chi connectivity index (χ3n) is 2.18. The molecule has 0 aromatic rings. The van der Waals surface area contributed by atoms with E-state index in [2.05, 4.69) is 10.6 Å². The van der Waals surface area contributed by atoms with Gasteiger partial charge in [-0.25, -0.2) is 0 Å². The zero-order valence-electron chi connectivity index (χ0n) is 10.4. The zero-order chi connectivity index (χ0) is 15.0. The maximum absolute atomic E-state index is 11.4. The second-order valence-electron chi connectivity index (χ2n) is 3.88. The number of nitrogens with one attached hydrogen (secondary N) is 2. The molecule has 0 fully saturated rings. The summed E-state index contributed by atoms with van der Waals surface area (Å²) in [5.74, 6) is -3.58. The van der Waals surface area contributed by atoms with Crippen molar-refractivity contribution in [2.24, 2.45) is 5.73 Å². The van der Waals surface area contributed by atoms with Crippen LogP contribution in [0.2, 0.25) is 0 Å². The van der Waals surface area contributed by atoms with Crippen molar-refractivity contribution >= 4 is 23.8 Å². The van der Waals surface area contributed by atoms with Crippen molar-refractivity contribution in [2.75, 3.05) is 6.54 Å². The Bertz CT molecular complexity index is 370. The summed E-state index contributed by atoms with van der Waals surface area (Å²) in [6.45, 7) is 0.842. The number of aliphatic carboxylic acids is 2. The number of nitrogens with two attached hydrogens (primary N) is 1. The monoisotopic (exact) mass is 275 g/mol. The molecule has 0 aliphatic rings. The molecule has 0 heterocycles. The maximum Gasteiger partial charge on any atom is 0.322 e. The highest BCUT2D eigenvalue weighted by molar-refractivity contribution is 5.89. The van der Waals surface area contributed by atoms with E-state index in [4.69, 9.17) is 15.9 Å². The van der Waals surface area contributed by atoms with Gasteiger partial charge in [-0.1, -0.05) is 0 Å². The van der Waals surface area contributed by atoms with E-state index in [1.165, 1.54) is 6.92 Å². The van der Waals surface area contributed by atoms with E-state index in [-0.39, 0.29) is 12.8 Å². The van der Waals surface area contributed by atoms with Gasteiger partial charge < -0.3 is 26.6 Å². The second kappa shape index (κ2) is 8.03. The molecule has 0 aromatic heterocycles. The van der Waals surface area contributed by atoms with E-state index in [0.29, 0.717) is 0 Å². The number of carbonyl (C=O) groups is 4. The van der Waals surface area contributed by atoms with Crippen molar-refractivity contribution in [3.63, 3.8) is 0 Å². The fourth-order valence-electron chi connectivity index (χ4n) is 1.11. The van der Waals surface area contributed by atoms with Gasteiger partial charge in [0.15, 0.2) is 0 Å². The lowest BCUT2D eigenvalue weighted by molar-refractivity contribution is -0.139. The Hall–Kier alpha value is -2.16. The predicted molar refractivity (Wildman–Crippen MR) is 63.1 cm³/mol. The number of carbonyl (C=O) groups excluding carboxylic acids is 2. The number of carboxylic acids is 2. The summed E-state index contributed by atoms with van der Waals surface area (Å²) in [6.07, 6.45) is -0.186. The van der Waals surface area contributed by atoms with Crippen LogP contribution < -0.4 is 16.4 Å². The van der Waals surface area contributed by atoms with Gasteiger partial charge in [-0.15, -0.1) is 0 Å². The first-order valence-corrected chi connectivity index (χ1v) is 5.51. The molecular weight excluding hydrogens is 258 g/mol. The van der Waals surface area contributed by atoms with Crippen LogP contribution in [0.3, 0.4) is 0 Å². The number of rotatable bonds is 8. The average Bonchev–Trinajstić information content (AvgIpc) is 2.32. The Labute approximate surface area is 109 Å². The largest absolute Gasteiger partial charge is 0.480 e. The van der Waals surface area contributed by atoms with Crippen molar-refractivity contribution in [3.05, 3.63) is 0 Å². The Morgan fingerprint density at radius 2 is 1.79 bits per heavy atom. The van der Waals surface area contributed by atoms with E-state index in [9.17, 15) is 19.2 Å². The number of carboxylic acid groups (broad SMARTS) is 2. The third kappa shape index (κ3) is 7.71. The van der Waals surface area contributed by atoms with Crippen molar-refractivity contribution < 1.29 is 29.4 Å². The smallest absolute Gasteiger partial charge is 0.322 e. The van der Waals surface area contributed by atoms with Crippen LogP contribution in [0.25, 0.3) is 0 Å². The first-order valence-electron chi connectivity index (χ1n) is 5.51. The predicted octanol–water partition coefficient (Wildman–Crippen LogP) is -2.12. The van der Waals surface area contributed by atoms with Gasteiger partial charge in [0.2, 0.25) is 11.8 Å². The average molecular weight is 275 g/mol. The quantitative estimate of drug-likeness (QED) is 0.338. The van der Waals surface area contributed by atoms with Crippen LogP contribution >= 0.6 is 0 Å². The summed E-state index contributed by atoms with van der Waals surface area (Å²) >= 11 is 0. The van der Waals surface area contributed by atoms with E-state index in [1.807, 2.05) is 0 Å². The summed E-state index contributed by atoms with van der Waals surface area (Å²) in [5, 5.41) is 21.3. The summed E-state index contributed by atoms with van der Waals surface area (Å²) in [6, 6.07) is -2.05. The summed E-state index contributed by atoms with van der Waals surface area (Å²) < 4.78 is 0. The lowest BCUT2D eigenvalue weighted by Crippen LogP contribution is -2.46. The lowest BCUT2D eigenvalue weighted by Gasteiger charge is -2.13. The van der Waals surface area contributed by atoms with Crippen LogP contribution in [0.1, 0.15) is 19.8 Å². The molecular formula is C10H17N3O6. The first kappa shape index (κ1) is 16.8. The molecule has 6 N–H and O–H groups in total. The van der Waals surface area contributed by atoms with Crippen LogP contribution in [-0.2, 0) is 19.2 Å². The van der Waals surface area contributed by atoms with Gasteiger partial charge >= 0.3 is 11.9 Å². The van der Waals surface area contributed by atoms with Gasteiger partial charge in [0.05, 0.1) is 0 Å². The molecule has 19 heavy (non-hydrogen) atoms. The summed E-state index contributed by atoms with van der Waals surface area (Å²) in [5.41, 5.74) is 5.21. The Kier molecular flexibility index (Phi) is 7.12. The van der Waals surface area contributed by atoms with Crippen LogP contribution in [0.15, 0.2) is 0 Å². The normalized spacial score (nSPS) is 13.2. The number of amides is 2. The molecule has 108 valence electrons. The Balaban J connectivity index is 4.01. The first-order chi connectivity index (χ1) is 8.73. The van der Waals surface area contributed by atoms with Crippen LogP contribution in [0.5, 0.6) is 0 Å². The fraction of sp³-hybridized carbons (Fsp3) is 0.600. The molecule has 0 rings (SSSR count). The minimum Gasteiger partial charge on any atom is -0.480 e. The van der Waals surface area contributed by atoms with Crippen molar-refractivity contribution in [2.45, 2.75) is 31.8 Å². The molecule has 0 bridgehead atoms. The van der Waals surface area contributed by atoms with Gasteiger partial charge in [0.1, 0.15) is 18.6 Å². The molecule has 0 unspecified atom stereocenters. The molecule has 2 atom stereocenters. The molecule has 0 saturated heterocycles. The highest BCUT2D eigenvalue weighted by Gasteiger charge is 2.18. The molecule has 9 nitrogen and oxygen atoms in total. The molecule has 9 heteroatoms. The Morgan fingerprint density at radius 3 is 2.26 bits per heavy atom. The minimum atomic E-state index is -1.21. The van der Waals surface area contributed by atoms with E-state index in [1.54, 1.807) is 0 Å². The molecule has 2 amide bonds. The zero-order valence-corrected chi connectivity index (χ0v) is 10.4. The third-order valence-corrected chi connectivity index (χ3v) is 2.18. The number of hydrogen-bond acceptors (Lipinski definition) is 5. The second-order valence-corrected chi connectivity index (χ2v) is 3.88. The molecule has 0 saturated carbocycles. The SMILES string of the molecule is C[C@H](NC(=O)CC[C@H](N)C(=O)O)C(=O)NCC(=O)O. The summed E-state index contributed by atoms with van der Waals surface area (Å²) in [7, 11) is 0. The fourth-order valence-corrected chi connectivity index (χ4v) is 1.11. The maximum atomic E-state index is 11.4. The Morgan fingerprint density at radius 1 is 1.21 bits per heavy atom. The van der Waals surface area contributed by atoms with E-state index in [0.717, 1.165) is 0 Å². The van der Waals surface area contributed by atoms with Crippen LogP contribution in [0.4, 0.5) is 0 Å². The van der Waals surface area contributed by atoms with Crippen LogP contribution in [0, 0.1) is 0 Å². The molecule has 0 aliphatic heterocycles. The van der Waals surface area contributed by atoms with Gasteiger partial charge in [-0.05, 0) is 13.3 Å². The number of hydrogen-bond donors (Lipinski definition) is 5. The van der Waals surface area contributed by atoms with Gasteiger partial charge in [0.25, 0.3) is 0 Å². The highest BCUT2D eigenvalue weighted by Crippen LogP contribution is 1.95. The minimum absolute atomic E-state index is 0.0510. The topological polar surface area (TPSA) is 159 Å². The van der Waals surface area contributed by atoms with Gasteiger partial charge in [-0.2, -0.15) is 0 Å². The van der Waals surface area contributed by atoms with Crippen molar-refractivity contribution in [1.82, 2.24) is 10.6 Å². The van der Waals surface area contributed by atoms with Crippen molar-refractivity contribution in [3.8, 4) is 0 Å². The standard InChI is InChI=1S/C10H17N3O6/c1-5(9(17)12-4-8(15)16)13-7(14)3-2-6(11)10(18)19/h5-6H,2-4,11H2,1H3,(H,12,17)(H,13,14)(H,15,16)(H,18,19)/t5-,6-/m0/s1. The van der Waals surface area contributed by atoms with Gasteiger partial charge in [-0.3, -0.25) is 19.2 Å². The highest BCUT2D eigenvalue weighted by atomic mass is 16.4. The molecule has 0 radical (unpaired) electrons. The lowest BCUT2D eigenvalue weighted by atomic mass is 10.1. The van der Waals surface area contributed by atoms with E-state index < -0.39 is 42.4 Å². The van der Waals surface area contributed by atoms with Crippen molar-refractivity contribution in [1.29, 1.82) is 0 Å². The molecule has 0 spiro atoms.